The van der Waals surface area contributed by atoms with Crippen LogP contribution in [0, 0.1) is 6.92 Å². The maximum Gasteiger partial charge on any atom is 0.241 e. The highest BCUT2D eigenvalue weighted by molar-refractivity contribution is 5.96. The van der Waals surface area contributed by atoms with E-state index >= 15 is 0 Å². The Hall–Kier alpha value is -2.66. The van der Waals surface area contributed by atoms with Crippen molar-refractivity contribution in [2.75, 3.05) is 10.6 Å². The molecule has 124 valence electrons. The molecule has 0 spiro atoms. The van der Waals surface area contributed by atoms with Gasteiger partial charge in [0, 0.05) is 24.8 Å². The fourth-order valence-corrected chi connectivity index (χ4v) is 2.89. The van der Waals surface area contributed by atoms with Crippen LogP contribution >= 0.6 is 0 Å². The molecule has 0 saturated heterocycles. The molecular formula is C19H21N3O2. The first-order chi connectivity index (χ1) is 11.5. The highest BCUT2D eigenvalue weighted by atomic mass is 16.2. The molecule has 2 amide bonds. The SMILES string of the molecule is CC(=O)Nc1cc(NC(=O)C2Cc3ccccc3CN2)ccc1C. The van der Waals surface area contributed by atoms with Crippen LogP contribution in [0.4, 0.5) is 11.4 Å². The molecule has 1 unspecified atom stereocenters. The van der Waals surface area contributed by atoms with Crippen molar-refractivity contribution in [2.45, 2.75) is 32.9 Å². The number of carbonyl (C=O) groups is 2. The van der Waals surface area contributed by atoms with Crippen molar-refractivity contribution in [3.05, 3.63) is 59.2 Å². The fraction of sp³-hybridized carbons (Fsp3) is 0.263. The minimum absolute atomic E-state index is 0.0675. The summed E-state index contributed by atoms with van der Waals surface area (Å²) >= 11 is 0. The normalized spacial score (nSPS) is 16.2. The van der Waals surface area contributed by atoms with Crippen LogP contribution in [0.5, 0.6) is 0 Å². The first-order valence-corrected chi connectivity index (χ1v) is 8.02. The first kappa shape index (κ1) is 16.2. The molecule has 5 nitrogen and oxygen atoms in total. The lowest BCUT2D eigenvalue weighted by molar-refractivity contribution is -0.118. The third-order valence-electron chi connectivity index (χ3n) is 4.21. The molecule has 1 heterocycles. The number of hydrogen-bond donors (Lipinski definition) is 3. The van der Waals surface area contributed by atoms with E-state index in [1.807, 2.05) is 31.2 Å². The van der Waals surface area contributed by atoms with Gasteiger partial charge >= 0.3 is 0 Å². The van der Waals surface area contributed by atoms with Crippen LogP contribution in [0.25, 0.3) is 0 Å². The van der Waals surface area contributed by atoms with Crippen molar-refractivity contribution in [2.24, 2.45) is 0 Å². The van der Waals surface area contributed by atoms with Gasteiger partial charge in [-0.15, -0.1) is 0 Å². The molecule has 0 radical (unpaired) electrons. The minimum atomic E-state index is -0.259. The Morgan fingerprint density at radius 3 is 2.58 bits per heavy atom. The van der Waals surface area contributed by atoms with Crippen LogP contribution in [0.2, 0.25) is 0 Å². The molecule has 0 fully saturated rings. The van der Waals surface area contributed by atoms with Gasteiger partial charge in [0.15, 0.2) is 0 Å². The zero-order chi connectivity index (χ0) is 17.1. The molecule has 0 bridgehead atoms. The first-order valence-electron chi connectivity index (χ1n) is 8.02. The van der Waals surface area contributed by atoms with Crippen molar-refractivity contribution in [1.29, 1.82) is 0 Å². The monoisotopic (exact) mass is 323 g/mol. The number of aryl methyl sites for hydroxylation is 1. The van der Waals surface area contributed by atoms with Gasteiger partial charge in [0.25, 0.3) is 0 Å². The molecule has 1 aliphatic rings. The van der Waals surface area contributed by atoms with E-state index < -0.39 is 0 Å². The Kier molecular flexibility index (Phi) is 4.62. The van der Waals surface area contributed by atoms with Gasteiger partial charge in [-0.05, 0) is 42.2 Å². The zero-order valence-electron chi connectivity index (χ0n) is 13.8. The molecule has 0 aliphatic carbocycles. The van der Waals surface area contributed by atoms with E-state index in [4.69, 9.17) is 0 Å². The summed E-state index contributed by atoms with van der Waals surface area (Å²) in [6, 6.07) is 13.4. The Morgan fingerprint density at radius 1 is 1.08 bits per heavy atom. The summed E-state index contributed by atoms with van der Waals surface area (Å²) in [5.74, 6) is -0.200. The van der Waals surface area contributed by atoms with E-state index in [0.717, 1.165) is 5.56 Å². The van der Waals surface area contributed by atoms with Gasteiger partial charge in [0.2, 0.25) is 11.8 Å². The van der Waals surface area contributed by atoms with Crippen molar-refractivity contribution in [3.63, 3.8) is 0 Å². The van der Waals surface area contributed by atoms with Gasteiger partial charge in [-0.2, -0.15) is 0 Å². The molecule has 1 aliphatic heterocycles. The summed E-state index contributed by atoms with van der Waals surface area (Å²) in [5.41, 5.74) is 4.79. The molecule has 0 saturated carbocycles. The quantitative estimate of drug-likeness (QED) is 0.813. The standard InChI is InChI=1S/C19H21N3O2/c1-12-7-8-16(10-17(12)21-13(2)23)22-19(24)18-9-14-5-3-4-6-15(14)11-20-18/h3-8,10,18,20H,9,11H2,1-2H3,(H,21,23)(H,22,24). The summed E-state index contributed by atoms with van der Waals surface area (Å²) < 4.78 is 0. The van der Waals surface area contributed by atoms with Crippen LogP contribution in [0.1, 0.15) is 23.6 Å². The second-order valence-electron chi connectivity index (χ2n) is 6.11. The molecule has 0 aromatic heterocycles. The lowest BCUT2D eigenvalue weighted by Crippen LogP contribution is -2.44. The van der Waals surface area contributed by atoms with Crippen molar-refractivity contribution in [1.82, 2.24) is 5.32 Å². The number of nitrogens with one attached hydrogen (secondary N) is 3. The molecular weight excluding hydrogens is 302 g/mol. The number of fused-ring (bicyclic) bond motifs is 1. The van der Waals surface area contributed by atoms with Crippen LogP contribution in [-0.2, 0) is 22.6 Å². The second-order valence-corrected chi connectivity index (χ2v) is 6.11. The summed E-state index contributed by atoms with van der Waals surface area (Å²) in [6.07, 6.45) is 0.673. The number of rotatable bonds is 3. The van der Waals surface area contributed by atoms with E-state index in [1.165, 1.54) is 18.1 Å². The minimum Gasteiger partial charge on any atom is -0.326 e. The van der Waals surface area contributed by atoms with Crippen molar-refractivity contribution >= 4 is 23.2 Å². The maximum atomic E-state index is 12.5. The van der Waals surface area contributed by atoms with Gasteiger partial charge in [0.05, 0.1) is 6.04 Å². The number of carbonyl (C=O) groups excluding carboxylic acids is 2. The van der Waals surface area contributed by atoms with Crippen LogP contribution < -0.4 is 16.0 Å². The lowest BCUT2D eigenvalue weighted by Gasteiger charge is -2.25. The van der Waals surface area contributed by atoms with E-state index in [1.54, 1.807) is 6.07 Å². The van der Waals surface area contributed by atoms with Gasteiger partial charge in [-0.25, -0.2) is 0 Å². The number of benzene rings is 2. The second kappa shape index (κ2) is 6.84. The van der Waals surface area contributed by atoms with Gasteiger partial charge in [0.1, 0.15) is 0 Å². The molecule has 2 aromatic rings. The fourth-order valence-electron chi connectivity index (χ4n) is 2.89. The van der Waals surface area contributed by atoms with E-state index in [9.17, 15) is 9.59 Å². The molecule has 24 heavy (non-hydrogen) atoms. The van der Waals surface area contributed by atoms with Gasteiger partial charge < -0.3 is 16.0 Å². The van der Waals surface area contributed by atoms with Crippen LogP contribution in [0.15, 0.2) is 42.5 Å². The maximum absolute atomic E-state index is 12.5. The summed E-state index contributed by atoms with van der Waals surface area (Å²) in [4.78, 5) is 23.8. The number of anilines is 2. The zero-order valence-corrected chi connectivity index (χ0v) is 13.8. The van der Waals surface area contributed by atoms with E-state index in [0.29, 0.717) is 24.3 Å². The smallest absolute Gasteiger partial charge is 0.241 e. The third kappa shape index (κ3) is 3.63. The van der Waals surface area contributed by atoms with Crippen molar-refractivity contribution in [3.8, 4) is 0 Å². The van der Waals surface area contributed by atoms with Gasteiger partial charge in [-0.1, -0.05) is 30.3 Å². The highest BCUT2D eigenvalue weighted by Gasteiger charge is 2.23. The lowest BCUT2D eigenvalue weighted by atomic mass is 9.95. The van der Waals surface area contributed by atoms with Crippen LogP contribution in [-0.4, -0.2) is 17.9 Å². The third-order valence-corrected chi connectivity index (χ3v) is 4.21. The van der Waals surface area contributed by atoms with Crippen LogP contribution in [0.3, 0.4) is 0 Å². The molecule has 2 aromatic carbocycles. The van der Waals surface area contributed by atoms with E-state index in [-0.39, 0.29) is 17.9 Å². The average Bonchev–Trinajstić information content (AvgIpc) is 2.57. The predicted molar refractivity (Wildman–Crippen MR) is 94.9 cm³/mol. The molecule has 3 N–H and O–H groups in total. The Morgan fingerprint density at radius 2 is 1.83 bits per heavy atom. The predicted octanol–water partition coefficient (Wildman–Crippen LogP) is 2.61. The summed E-state index contributed by atoms with van der Waals surface area (Å²) in [7, 11) is 0. The summed E-state index contributed by atoms with van der Waals surface area (Å²) in [5, 5.41) is 8.98. The molecule has 5 heteroatoms. The summed E-state index contributed by atoms with van der Waals surface area (Å²) in [6.45, 7) is 4.07. The largest absolute Gasteiger partial charge is 0.326 e. The van der Waals surface area contributed by atoms with E-state index in [2.05, 4.69) is 28.1 Å². The average molecular weight is 323 g/mol. The Bertz CT molecular complexity index is 786. The van der Waals surface area contributed by atoms with Gasteiger partial charge in [-0.3, -0.25) is 9.59 Å². The number of hydrogen-bond acceptors (Lipinski definition) is 3. The molecule has 1 atom stereocenters. The molecule has 3 rings (SSSR count). The Balaban J connectivity index is 1.70. The number of amides is 2. The Labute approximate surface area is 141 Å². The topological polar surface area (TPSA) is 70.2 Å². The highest BCUT2D eigenvalue weighted by Crippen LogP contribution is 2.22. The van der Waals surface area contributed by atoms with Crippen molar-refractivity contribution < 1.29 is 9.59 Å².